The van der Waals surface area contributed by atoms with Gasteiger partial charge in [0.15, 0.2) is 11.6 Å². The Morgan fingerprint density at radius 3 is 2.91 bits per heavy atom. The van der Waals surface area contributed by atoms with Crippen LogP contribution in [0.25, 0.3) is 10.8 Å². The first-order valence-corrected chi connectivity index (χ1v) is 10.9. The molecule has 0 saturated carbocycles. The molecule has 0 spiro atoms. The smallest absolute Gasteiger partial charge is 0.167 e. The number of pyridine rings is 1. The number of nitrogens with one attached hydrogen (secondary N) is 1. The standard InChI is InChI=1S/C27H28FN5O/c1-3-13-30-14-11-20(2)7-8-23(18-32-19-29)33-22-9-10-27(25(28)16-22)34-26-6-4-5-21-17-31-15-12-24(21)26/h4-6,8-17,19,33H,2-3,7,18H2,1H3,(H2,29,32)/b14-11-,23-8+,30-13?. The molecule has 3 rings (SSSR count). The van der Waals surface area contributed by atoms with E-state index in [1.54, 1.807) is 36.8 Å². The summed E-state index contributed by atoms with van der Waals surface area (Å²) in [6.07, 6.45) is 13.4. The van der Waals surface area contributed by atoms with Crippen molar-refractivity contribution in [3.63, 3.8) is 0 Å². The lowest BCUT2D eigenvalue weighted by molar-refractivity contribution is 0.447. The molecule has 0 atom stereocenters. The lowest BCUT2D eigenvalue weighted by atomic mass is 10.1. The number of hydrogen-bond donors (Lipinski definition) is 2. The van der Waals surface area contributed by atoms with Crippen LogP contribution in [0.15, 0.2) is 101 Å². The molecule has 1 heterocycles. The van der Waals surface area contributed by atoms with Crippen molar-refractivity contribution in [2.75, 3.05) is 11.9 Å². The van der Waals surface area contributed by atoms with Crippen molar-refractivity contribution in [3.8, 4) is 11.5 Å². The first-order chi connectivity index (χ1) is 16.6. The number of allylic oxidation sites excluding steroid dienone is 3. The monoisotopic (exact) mass is 457 g/mol. The van der Waals surface area contributed by atoms with Crippen LogP contribution in [0.3, 0.4) is 0 Å². The van der Waals surface area contributed by atoms with E-state index >= 15 is 0 Å². The van der Waals surface area contributed by atoms with Crippen molar-refractivity contribution < 1.29 is 9.13 Å². The number of halogens is 1. The van der Waals surface area contributed by atoms with E-state index in [-0.39, 0.29) is 5.75 Å². The molecule has 2 aromatic carbocycles. The molecule has 0 fully saturated rings. The third-order valence-electron chi connectivity index (χ3n) is 4.76. The molecular formula is C27H28FN5O. The van der Waals surface area contributed by atoms with Crippen LogP contribution in [-0.4, -0.2) is 24.1 Å². The summed E-state index contributed by atoms with van der Waals surface area (Å²) in [6, 6.07) is 12.1. The zero-order valence-electron chi connectivity index (χ0n) is 19.1. The van der Waals surface area contributed by atoms with Gasteiger partial charge in [0.05, 0.1) is 12.9 Å². The Hall–Kier alpha value is -4.26. The summed E-state index contributed by atoms with van der Waals surface area (Å²) in [6.45, 7) is 6.37. The summed E-state index contributed by atoms with van der Waals surface area (Å²) in [5.74, 6) is 0.206. The molecule has 7 heteroatoms. The van der Waals surface area contributed by atoms with Gasteiger partial charge in [0.2, 0.25) is 0 Å². The van der Waals surface area contributed by atoms with E-state index in [0.717, 1.165) is 28.5 Å². The Bertz CT molecular complexity index is 1240. The summed E-state index contributed by atoms with van der Waals surface area (Å²) in [5, 5.41) is 4.98. The Kier molecular flexibility index (Phi) is 9.10. The molecule has 0 radical (unpaired) electrons. The predicted molar refractivity (Wildman–Crippen MR) is 139 cm³/mol. The minimum atomic E-state index is -0.487. The summed E-state index contributed by atoms with van der Waals surface area (Å²) < 4.78 is 20.7. The normalized spacial score (nSPS) is 12.2. The average Bonchev–Trinajstić information content (AvgIpc) is 2.85. The maximum absolute atomic E-state index is 14.9. The number of anilines is 1. The molecule has 3 N–H and O–H groups in total. The molecule has 0 aliphatic carbocycles. The van der Waals surface area contributed by atoms with Gasteiger partial charge < -0.3 is 15.8 Å². The fourth-order valence-corrected chi connectivity index (χ4v) is 3.09. The second kappa shape index (κ2) is 12.7. The highest BCUT2D eigenvalue weighted by molar-refractivity contribution is 5.87. The first-order valence-electron chi connectivity index (χ1n) is 10.9. The molecule has 1 aromatic heterocycles. The van der Waals surface area contributed by atoms with Crippen LogP contribution in [0.4, 0.5) is 10.1 Å². The largest absolute Gasteiger partial charge is 0.454 e. The number of nitrogens with zero attached hydrogens (tertiary/aromatic N) is 3. The number of rotatable bonds is 11. The number of aromatic nitrogens is 1. The van der Waals surface area contributed by atoms with E-state index < -0.39 is 5.82 Å². The Morgan fingerprint density at radius 1 is 1.24 bits per heavy atom. The molecule has 0 aliphatic rings. The van der Waals surface area contributed by atoms with E-state index in [9.17, 15) is 4.39 Å². The Labute approximate surface area is 199 Å². The van der Waals surface area contributed by atoms with Crippen molar-refractivity contribution in [1.29, 1.82) is 0 Å². The van der Waals surface area contributed by atoms with Crippen LogP contribution >= 0.6 is 0 Å². The lowest BCUT2D eigenvalue weighted by Gasteiger charge is -2.13. The van der Waals surface area contributed by atoms with Crippen molar-refractivity contribution in [2.45, 2.75) is 19.8 Å². The molecule has 6 nitrogen and oxygen atoms in total. The second-order valence-corrected chi connectivity index (χ2v) is 7.36. The minimum Gasteiger partial charge on any atom is -0.454 e. The fourth-order valence-electron chi connectivity index (χ4n) is 3.09. The van der Waals surface area contributed by atoms with E-state index in [1.165, 1.54) is 12.4 Å². The zero-order chi connectivity index (χ0) is 24.2. The van der Waals surface area contributed by atoms with Crippen molar-refractivity contribution in [2.24, 2.45) is 15.7 Å². The van der Waals surface area contributed by atoms with Gasteiger partial charge in [-0.15, -0.1) is 0 Å². The van der Waals surface area contributed by atoms with Crippen LogP contribution in [0.5, 0.6) is 11.5 Å². The third kappa shape index (κ3) is 7.13. The van der Waals surface area contributed by atoms with Gasteiger partial charge in [-0.2, -0.15) is 0 Å². The van der Waals surface area contributed by atoms with E-state index in [2.05, 4.69) is 26.9 Å². The van der Waals surface area contributed by atoms with Gasteiger partial charge in [-0.05, 0) is 48.8 Å². The number of aliphatic imine (C=N–C) groups is 2. The minimum absolute atomic E-state index is 0.131. The van der Waals surface area contributed by atoms with E-state index in [4.69, 9.17) is 10.5 Å². The van der Waals surface area contributed by atoms with Gasteiger partial charge in [-0.25, -0.2) is 4.39 Å². The number of fused-ring (bicyclic) bond motifs is 1. The molecule has 0 saturated heterocycles. The van der Waals surface area contributed by atoms with E-state index in [1.807, 2.05) is 43.5 Å². The van der Waals surface area contributed by atoms with Crippen LogP contribution in [-0.2, 0) is 0 Å². The SMILES string of the molecule is C=C(/C=C\N=CCC)C/C=C(\CN=CN)Nc1ccc(Oc2cccc3cnccc23)c(F)c1. The summed E-state index contributed by atoms with van der Waals surface area (Å²) in [4.78, 5) is 12.3. The van der Waals surface area contributed by atoms with Gasteiger partial charge in [0.25, 0.3) is 0 Å². The average molecular weight is 458 g/mol. The highest BCUT2D eigenvalue weighted by Crippen LogP contribution is 2.32. The van der Waals surface area contributed by atoms with Gasteiger partial charge in [0, 0.05) is 53.0 Å². The molecule has 0 unspecified atom stereocenters. The lowest BCUT2D eigenvalue weighted by Crippen LogP contribution is -2.05. The van der Waals surface area contributed by atoms with Crippen molar-refractivity contribution >= 4 is 29.0 Å². The third-order valence-corrected chi connectivity index (χ3v) is 4.76. The van der Waals surface area contributed by atoms with Crippen molar-refractivity contribution in [1.82, 2.24) is 4.98 Å². The van der Waals surface area contributed by atoms with Gasteiger partial charge >= 0.3 is 0 Å². The van der Waals surface area contributed by atoms with Crippen molar-refractivity contribution in [3.05, 3.63) is 96.9 Å². The van der Waals surface area contributed by atoms with Gasteiger partial charge in [-0.3, -0.25) is 15.0 Å². The highest BCUT2D eigenvalue weighted by atomic mass is 19.1. The van der Waals surface area contributed by atoms with Gasteiger partial charge in [0.1, 0.15) is 5.75 Å². The first kappa shape index (κ1) is 24.4. The number of benzene rings is 2. The van der Waals surface area contributed by atoms with Crippen LogP contribution in [0, 0.1) is 5.82 Å². The quantitative estimate of drug-likeness (QED) is 0.198. The number of nitrogens with two attached hydrogens (primary N) is 1. The fraction of sp³-hybridized carbons (Fsp3) is 0.148. The Balaban J connectivity index is 1.72. The molecule has 0 amide bonds. The maximum Gasteiger partial charge on any atom is 0.167 e. The molecule has 174 valence electrons. The number of hydrogen-bond acceptors (Lipinski definition) is 5. The second-order valence-electron chi connectivity index (χ2n) is 7.36. The van der Waals surface area contributed by atoms with Crippen LogP contribution in [0.1, 0.15) is 19.8 Å². The summed E-state index contributed by atoms with van der Waals surface area (Å²) in [5.41, 5.74) is 7.62. The Morgan fingerprint density at radius 2 is 2.12 bits per heavy atom. The highest BCUT2D eigenvalue weighted by Gasteiger charge is 2.09. The molecular weight excluding hydrogens is 429 g/mol. The molecule has 0 aliphatic heterocycles. The maximum atomic E-state index is 14.9. The van der Waals surface area contributed by atoms with Crippen LogP contribution in [0.2, 0.25) is 0 Å². The zero-order valence-corrected chi connectivity index (χ0v) is 19.1. The molecule has 3 aromatic rings. The van der Waals surface area contributed by atoms with E-state index in [0.29, 0.717) is 24.4 Å². The topological polar surface area (TPSA) is 84.9 Å². The molecule has 0 bridgehead atoms. The predicted octanol–water partition coefficient (Wildman–Crippen LogP) is 6.39. The summed E-state index contributed by atoms with van der Waals surface area (Å²) >= 11 is 0. The van der Waals surface area contributed by atoms with Crippen LogP contribution < -0.4 is 15.8 Å². The summed E-state index contributed by atoms with van der Waals surface area (Å²) in [7, 11) is 0. The number of ether oxygens (including phenoxy) is 1. The molecule has 34 heavy (non-hydrogen) atoms. The van der Waals surface area contributed by atoms with Gasteiger partial charge in [-0.1, -0.05) is 31.7 Å².